The topological polar surface area (TPSA) is 41.6 Å². The molecule has 4 heteroatoms. The first kappa shape index (κ1) is 15.2. The van der Waals surface area contributed by atoms with Crippen LogP contribution in [-0.2, 0) is 16.0 Å². The number of amides is 1. The van der Waals surface area contributed by atoms with Gasteiger partial charge in [-0.05, 0) is 43.2 Å². The van der Waals surface area contributed by atoms with Gasteiger partial charge in [0.05, 0.1) is 19.1 Å². The molecule has 4 nitrogen and oxygen atoms in total. The summed E-state index contributed by atoms with van der Waals surface area (Å²) in [5, 5.41) is 3.65. The predicted molar refractivity (Wildman–Crippen MR) is 89.2 cm³/mol. The smallest absolute Gasteiger partial charge is 0.225 e. The molecule has 3 atom stereocenters. The van der Waals surface area contributed by atoms with Crippen LogP contribution in [0.15, 0.2) is 24.3 Å². The van der Waals surface area contributed by atoms with Crippen LogP contribution in [0, 0.1) is 0 Å². The van der Waals surface area contributed by atoms with Gasteiger partial charge in [-0.1, -0.05) is 24.3 Å². The molecule has 1 amide bonds. The average molecular weight is 314 g/mol. The molecule has 3 unspecified atom stereocenters. The van der Waals surface area contributed by atoms with E-state index in [1.807, 2.05) is 18.0 Å². The minimum Gasteiger partial charge on any atom is -0.373 e. The Kier molecular flexibility index (Phi) is 4.12. The normalized spacial score (nSPS) is 32.4. The van der Waals surface area contributed by atoms with Crippen molar-refractivity contribution in [2.24, 2.45) is 0 Å². The molecule has 0 radical (unpaired) electrons. The van der Waals surface area contributed by atoms with Crippen LogP contribution >= 0.6 is 0 Å². The first-order valence-corrected chi connectivity index (χ1v) is 8.92. The maximum Gasteiger partial charge on any atom is 0.225 e. The van der Waals surface area contributed by atoms with Crippen molar-refractivity contribution < 1.29 is 9.53 Å². The maximum absolute atomic E-state index is 12.8. The quantitative estimate of drug-likeness (QED) is 0.932. The van der Waals surface area contributed by atoms with E-state index in [0.29, 0.717) is 24.5 Å². The second-order valence-corrected chi connectivity index (χ2v) is 7.28. The van der Waals surface area contributed by atoms with Gasteiger partial charge < -0.3 is 15.0 Å². The SMILES string of the molecule is CN(C(=O)CC1OCCc2ccccc21)C1CC2CCC(C1)N2. The van der Waals surface area contributed by atoms with Gasteiger partial charge in [0.25, 0.3) is 0 Å². The van der Waals surface area contributed by atoms with Crippen LogP contribution in [0.5, 0.6) is 0 Å². The number of fused-ring (bicyclic) bond motifs is 3. The Bertz CT molecular complexity index is 576. The van der Waals surface area contributed by atoms with Gasteiger partial charge in [0.15, 0.2) is 0 Å². The molecule has 3 aliphatic heterocycles. The minimum absolute atomic E-state index is 0.0756. The fourth-order valence-electron chi connectivity index (χ4n) is 4.50. The Labute approximate surface area is 138 Å². The van der Waals surface area contributed by atoms with E-state index in [9.17, 15) is 4.79 Å². The molecule has 2 saturated heterocycles. The van der Waals surface area contributed by atoms with Crippen molar-refractivity contribution in [3.63, 3.8) is 0 Å². The van der Waals surface area contributed by atoms with E-state index in [4.69, 9.17) is 4.74 Å². The number of rotatable bonds is 3. The summed E-state index contributed by atoms with van der Waals surface area (Å²) in [5.74, 6) is 0.220. The molecule has 0 spiro atoms. The molecule has 124 valence electrons. The van der Waals surface area contributed by atoms with Crippen molar-refractivity contribution in [1.29, 1.82) is 0 Å². The summed E-state index contributed by atoms with van der Waals surface area (Å²) in [4.78, 5) is 14.8. The Morgan fingerprint density at radius 1 is 1.26 bits per heavy atom. The second kappa shape index (κ2) is 6.25. The number of hydrogen-bond acceptors (Lipinski definition) is 3. The summed E-state index contributed by atoms with van der Waals surface area (Å²) < 4.78 is 5.91. The fraction of sp³-hybridized carbons (Fsp3) is 0.632. The van der Waals surface area contributed by atoms with Crippen molar-refractivity contribution in [1.82, 2.24) is 10.2 Å². The summed E-state index contributed by atoms with van der Waals surface area (Å²) >= 11 is 0. The first-order chi connectivity index (χ1) is 11.2. The van der Waals surface area contributed by atoms with Crippen LogP contribution < -0.4 is 5.32 Å². The molecule has 3 aliphatic rings. The molecule has 0 aromatic heterocycles. The van der Waals surface area contributed by atoms with Crippen LogP contribution in [0.3, 0.4) is 0 Å². The van der Waals surface area contributed by atoms with Crippen LogP contribution in [0.25, 0.3) is 0 Å². The third kappa shape index (κ3) is 3.02. The minimum atomic E-state index is -0.0756. The molecule has 4 rings (SSSR count). The lowest BCUT2D eigenvalue weighted by Crippen LogP contribution is -2.49. The average Bonchev–Trinajstić information content (AvgIpc) is 2.92. The van der Waals surface area contributed by atoms with Crippen molar-refractivity contribution in [3.05, 3.63) is 35.4 Å². The Morgan fingerprint density at radius 3 is 2.78 bits per heavy atom. The number of nitrogens with one attached hydrogen (secondary N) is 1. The van der Waals surface area contributed by atoms with Gasteiger partial charge in [0, 0.05) is 25.2 Å². The molecular weight excluding hydrogens is 288 g/mol. The predicted octanol–water partition coefficient (Wildman–Crippen LogP) is 2.43. The summed E-state index contributed by atoms with van der Waals surface area (Å²) in [6.07, 6.45) is 6.07. The molecule has 3 heterocycles. The zero-order valence-electron chi connectivity index (χ0n) is 13.8. The molecular formula is C19H26N2O2. The van der Waals surface area contributed by atoms with E-state index < -0.39 is 0 Å². The van der Waals surface area contributed by atoms with Crippen molar-refractivity contribution in [2.45, 2.75) is 62.8 Å². The number of ether oxygens (including phenoxy) is 1. The summed E-state index contributed by atoms with van der Waals surface area (Å²) in [6, 6.07) is 9.99. The molecule has 23 heavy (non-hydrogen) atoms. The number of benzene rings is 1. The van der Waals surface area contributed by atoms with E-state index in [1.54, 1.807) is 0 Å². The maximum atomic E-state index is 12.8. The van der Waals surface area contributed by atoms with E-state index in [0.717, 1.165) is 25.9 Å². The van der Waals surface area contributed by atoms with Crippen LogP contribution in [0.1, 0.15) is 49.3 Å². The van der Waals surface area contributed by atoms with Crippen LogP contribution in [0.2, 0.25) is 0 Å². The Hall–Kier alpha value is -1.39. The van der Waals surface area contributed by atoms with E-state index in [1.165, 1.54) is 24.0 Å². The first-order valence-electron chi connectivity index (χ1n) is 8.92. The lowest BCUT2D eigenvalue weighted by atomic mass is 9.94. The highest BCUT2D eigenvalue weighted by Crippen LogP contribution is 2.32. The van der Waals surface area contributed by atoms with Gasteiger partial charge >= 0.3 is 0 Å². The summed E-state index contributed by atoms with van der Waals surface area (Å²) in [5.41, 5.74) is 2.53. The summed E-state index contributed by atoms with van der Waals surface area (Å²) in [6.45, 7) is 0.718. The number of nitrogens with zero attached hydrogens (tertiary/aromatic N) is 1. The second-order valence-electron chi connectivity index (χ2n) is 7.28. The third-order valence-corrected chi connectivity index (χ3v) is 5.84. The van der Waals surface area contributed by atoms with Gasteiger partial charge in [-0.15, -0.1) is 0 Å². The van der Waals surface area contributed by atoms with Gasteiger partial charge in [0.2, 0.25) is 5.91 Å². The highest BCUT2D eigenvalue weighted by molar-refractivity contribution is 5.77. The number of hydrogen-bond donors (Lipinski definition) is 1. The van der Waals surface area contributed by atoms with E-state index in [2.05, 4.69) is 23.5 Å². The Balaban J connectivity index is 1.42. The van der Waals surface area contributed by atoms with Crippen molar-refractivity contribution in [3.8, 4) is 0 Å². The number of carbonyl (C=O) groups excluding carboxylic acids is 1. The Morgan fingerprint density at radius 2 is 2.00 bits per heavy atom. The molecule has 1 N–H and O–H groups in total. The largest absolute Gasteiger partial charge is 0.373 e. The number of carbonyl (C=O) groups is 1. The molecule has 2 fully saturated rings. The highest BCUT2D eigenvalue weighted by atomic mass is 16.5. The molecule has 1 aromatic carbocycles. The van der Waals surface area contributed by atoms with Crippen molar-refractivity contribution >= 4 is 5.91 Å². The van der Waals surface area contributed by atoms with E-state index >= 15 is 0 Å². The van der Waals surface area contributed by atoms with Crippen LogP contribution in [0.4, 0.5) is 0 Å². The van der Waals surface area contributed by atoms with Crippen molar-refractivity contribution in [2.75, 3.05) is 13.7 Å². The molecule has 2 bridgehead atoms. The van der Waals surface area contributed by atoms with Gasteiger partial charge in [-0.25, -0.2) is 0 Å². The zero-order valence-corrected chi connectivity index (χ0v) is 13.8. The summed E-state index contributed by atoms with van der Waals surface area (Å²) in [7, 11) is 1.98. The van der Waals surface area contributed by atoms with Crippen LogP contribution in [-0.4, -0.2) is 42.6 Å². The standard InChI is InChI=1S/C19H26N2O2/c1-21(16-10-14-6-7-15(11-16)20-14)19(22)12-18-17-5-3-2-4-13(17)8-9-23-18/h2-5,14-16,18,20H,6-12H2,1H3. The van der Waals surface area contributed by atoms with Gasteiger partial charge in [-0.3, -0.25) is 4.79 Å². The van der Waals surface area contributed by atoms with E-state index in [-0.39, 0.29) is 12.0 Å². The molecule has 0 saturated carbocycles. The monoisotopic (exact) mass is 314 g/mol. The zero-order chi connectivity index (χ0) is 15.8. The van der Waals surface area contributed by atoms with Gasteiger partial charge in [-0.2, -0.15) is 0 Å². The lowest BCUT2D eigenvalue weighted by Gasteiger charge is -2.36. The highest BCUT2D eigenvalue weighted by Gasteiger charge is 2.37. The van der Waals surface area contributed by atoms with Gasteiger partial charge in [0.1, 0.15) is 0 Å². The third-order valence-electron chi connectivity index (χ3n) is 5.84. The molecule has 1 aromatic rings. The molecule has 0 aliphatic carbocycles. The number of piperidine rings is 1. The fourth-order valence-corrected chi connectivity index (χ4v) is 4.50. The lowest BCUT2D eigenvalue weighted by molar-refractivity contribution is -0.136.